The number of carboxylic acid groups (broad SMARTS) is 1. The van der Waals surface area contributed by atoms with E-state index in [1.54, 1.807) is 5.32 Å². The molecule has 0 aromatic heterocycles. The van der Waals surface area contributed by atoms with Crippen molar-refractivity contribution in [2.24, 2.45) is 5.11 Å². The number of hydrogen-bond donors (Lipinski definition) is 2. The Morgan fingerprint density at radius 1 is 1.58 bits per heavy atom. The summed E-state index contributed by atoms with van der Waals surface area (Å²) in [5.41, 5.74) is 7.84. The quantitative estimate of drug-likeness (QED) is 0.283. The van der Waals surface area contributed by atoms with Gasteiger partial charge in [0.1, 0.15) is 0 Å². The Bertz CT molecular complexity index is 221. The van der Waals surface area contributed by atoms with Crippen LogP contribution < -0.4 is 5.32 Å². The molecule has 0 aromatic rings. The zero-order chi connectivity index (χ0) is 9.40. The van der Waals surface area contributed by atoms with E-state index in [0.717, 1.165) is 0 Å². The van der Waals surface area contributed by atoms with Gasteiger partial charge in [0.15, 0.2) is 0 Å². The summed E-state index contributed by atoms with van der Waals surface area (Å²) in [6, 6.07) is 0. The van der Waals surface area contributed by atoms with E-state index in [1.807, 2.05) is 0 Å². The Hall–Kier alpha value is -1.75. The summed E-state index contributed by atoms with van der Waals surface area (Å²) < 4.78 is 0. The number of amides is 2. The molecule has 2 amide bonds. The second kappa shape index (κ2) is 5.99. The highest BCUT2D eigenvalue weighted by Crippen LogP contribution is 1.89. The van der Waals surface area contributed by atoms with Crippen molar-refractivity contribution in [2.75, 3.05) is 6.54 Å². The molecule has 0 atom stereocenters. The van der Waals surface area contributed by atoms with Gasteiger partial charge in [0.05, 0.1) is 0 Å². The molecule has 2 N–H and O–H groups in total. The minimum Gasteiger partial charge on any atom is -0.465 e. The molecule has 0 saturated carbocycles. The Labute approximate surface area is 68.0 Å². The molecule has 66 valence electrons. The summed E-state index contributed by atoms with van der Waals surface area (Å²) in [6.07, 6.45) is -0.974. The van der Waals surface area contributed by atoms with E-state index in [1.165, 1.54) is 0 Å². The smallest absolute Gasteiger partial charge is 0.411 e. The lowest BCUT2D eigenvalue weighted by atomic mass is 10.3. The van der Waals surface area contributed by atoms with Crippen LogP contribution in [0, 0.1) is 0 Å². The van der Waals surface area contributed by atoms with Crippen LogP contribution in [0.3, 0.4) is 0 Å². The highest BCUT2D eigenvalue weighted by Gasteiger charge is 2.03. The molecular formula is C5H8N4O3. The average molecular weight is 172 g/mol. The normalized spacial score (nSPS) is 8.33. The standard InChI is InChI=1S/C5H8N4O3/c6-9-7-3-1-2-4(10)8-5(11)12/h1-3H2,(H,8,10)(H,11,12). The lowest BCUT2D eigenvalue weighted by Gasteiger charge is -1.96. The summed E-state index contributed by atoms with van der Waals surface area (Å²) in [5.74, 6) is -0.587. The minimum atomic E-state index is -1.37. The number of carbonyl (C=O) groups excluding carboxylic acids is 1. The summed E-state index contributed by atoms with van der Waals surface area (Å²) in [4.78, 5) is 22.9. The van der Waals surface area contributed by atoms with E-state index in [0.29, 0.717) is 6.42 Å². The first kappa shape index (κ1) is 10.2. The molecule has 0 radical (unpaired) electrons. The van der Waals surface area contributed by atoms with Crippen molar-refractivity contribution in [1.82, 2.24) is 5.32 Å². The molecule has 0 aliphatic heterocycles. The Kier molecular flexibility index (Phi) is 5.12. The van der Waals surface area contributed by atoms with Crippen LogP contribution in [0.25, 0.3) is 10.4 Å². The van der Waals surface area contributed by atoms with Gasteiger partial charge in [-0.25, -0.2) is 4.79 Å². The third-order valence-corrected chi connectivity index (χ3v) is 0.972. The van der Waals surface area contributed by atoms with E-state index >= 15 is 0 Å². The topological polar surface area (TPSA) is 115 Å². The van der Waals surface area contributed by atoms with Gasteiger partial charge < -0.3 is 5.11 Å². The van der Waals surface area contributed by atoms with Gasteiger partial charge in [0.2, 0.25) is 5.91 Å². The third kappa shape index (κ3) is 6.37. The van der Waals surface area contributed by atoms with Crippen molar-refractivity contribution in [3.05, 3.63) is 10.4 Å². The summed E-state index contributed by atoms with van der Waals surface area (Å²) >= 11 is 0. The predicted octanol–water partition coefficient (Wildman–Crippen LogP) is 0.871. The highest BCUT2D eigenvalue weighted by molar-refractivity contribution is 5.90. The first-order valence-electron chi connectivity index (χ1n) is 3.20. The second-order valence-corrected chi connectivity index (χ2v) is 1.91. The fraction of sp³-hybridized carbons (Fsp3) is 0.600. The lowest BCUT2D eigenvalue weighted by Crippen LogP contribution is -2.28. The lowest BCUT2D eigenvalue weighted by molar-refractivity contribution is -0.120. The van der Waals surface area contributed by atoms with Crippen LogP contribution in [0.5, 0.6) is 0 Å². The first-order chi connectivity index (χ1) is 5.66. The minimum absolute atomic E-state index is 0.0469. The van der Waals surface area contributed by atoms with Gasteiger partial charge in [-0.3, -0.25) is 10.1 Å². The maximum Gasteiger partial charge on any atom is 0.411 e. The van der Waals surface area contributed by atoms with E-state index < -0.39 is 12.0 Å². The second-order valence-electron chi connectivity index (χ2n) is 1.91. The van der Waals surface area contributed by atoms with Gasteiger partial charge in [-0.2, -0.15) is 0 Å². The Morgan fingerprint density at radius 2 is 2.25 bits per heavy atom. The molecule has 0 rings (SSSR count). The maximum absolute atomic E-state index is 10.6. The summed E-state index contributed by atoms with van der Waals surface area (Å²) in [7, 11) is 0. The summed E-state index contributed by atoms with van der Waals surface area (Å²) in [5, 5.41) is 12.9. The Morgan fingerprint density at radius 3 is 2.75 bits per heavy atom. The molecule has 7 heteroatoms. The van der Waals surface area contributed by atoms with Gasteiger partial charge in [-0.1, -0.05) is 5.11 Å². The number of nitrogens with one attached hydrogen (secondary N) is 1. The molecule has 0 spiro atoms. The van der Waals surface area contributed by atoms with Crippen molar-refractivity contribution < 1.29 is 14.7 Å². The van der Waals surface area contributed by atoms with Crippen molar-refractivity contribution in [2.45, 2.75) is 12.8 Å². The zero-order valence-electron chi connectivity index (χ0n) is 6.23. The van der Waals surface area contributed by atoms with E-state index in [-0.39, 0.29) is 13.0 Å². The molecule has 12 heavy (non-hydrogen) atoms. The maximum atomic E-state index is 10.6. The van der Waals surface area contributed by atoms with Crippen LogP contribution in [-0.4, -0.2) is 23.7 Å². The van der Waals surface area contributed by atoms with Crippen LogP contribution >= 0.6 is 0 Å². The van der Waals surface area contributed by atoms with E-state index in [4.69, 9.17) is 10.6 Å². The van der Waals surface area contributed by atoms with E-state index in [2.05, 4.69) is 10.0 Å². The number of hydrogen-bond acceptors (Lipinski definition) is 3. The van der Waals surface area contributed by atoms with Crippen molar-refractivity contribution in [3.63, 3.8) is 0 Å². The van der Waals surface area contributed by atoms with Crippen LogP contribution in [0.15, 0.2) is 5.11 Å². The van der Waals surface area contributed by atoms with Crippen LogP contribution in [0.1, 0.15) is 12.8 Å². The number of azide groups is 1. The van der Waals surface area contributed by atoms with Crippen molar-refractivity contribution >= 4 is 12.0 Å². The third-order valence-electron chi connectivity index (χ3n) is 0.972. The fourth-order valence-electron chi connectivity index (χ4n) is 0.537. The molecule has 0 unspecified atom stereocenters. The SMILES string of the molecule is [N-]=[N+]=NCCCC(=O)NC(=O)O. The predicted molar refractivity (Wildman–Crippen MR) is 39.4 cm³/mol. The molecule has 0 heterocycles. The molecule has 0 aliphatic rings. The molecule has 0 bridgehead atoms. The molecule has 0 aliphatic carbocycles. The zero-order valence-corrected chi connectivity index (χ0v) is 6.23. The fourth-order valence-corrected chi connectivity index (χ4v) is 0.537. The molecule has 0 fully saturated rings. The largest absolute Gasteiger partial charge is 0.465 e. The van der Waals surface area contributed by atoms with Gasteiger partial charge >= 0.3 is 6.09 Å². The van der Waals surface area contributed by atoms with Crippen LogP contribution in [-0.2, 0) is 4.79 Å². The number of carbonyl (C=O) groups is 2. The van der Waals surface area contributed by atoms with Gasteiger partial charge in [-0.15, -0.1) is 0 Å². The van der Waals surface area contributed by atoms with Gasteiger partial charge in [0.25, 0.3) is 0 Å². The molecule has 0 aromatic carbocycles. The van der Waals surface area contributed by atoms with Crippen molar-refractivity contribution in [1.29, 1.82) is 0 Å². The average Bonchev–Trinajstić information content (AvgIpc) is 1.97. The van der Waals surface area contributed by atoms with E-state index in [9.17, 15) is 9.59 Å². The van der Waals surface area contributed by atoms with Crippen molar-refractivity contribution in [3.8, 4) is 0 Å². The number of rotatable bonds is 4. The monoisotopic (exact) mass is 172 g/mol. The van der Waals surface area contributed by atoms with Gasteiger partial charge in [0, 0.05) is 17.9 Å². The highest BCUT2D eigenvalue weighted by atomic mass is 16.4. The molecule has 7 nitrogen and oxygen atoms in total. The van der Waals surface area contributed by atoms with Crippen LogP contribution in [0.4, 0.5) is 4.79 Å². The van der Waals surface area contributed by atoms with Gasteiger partial charge in [-0.05, 0) is 12.0 Å². The molecular weight excluding hydrogens is 164 g/mol. The number of imide groups is 1. The van der Waals surface area contributed by atoms with Crippen LogP contribution in [0.2, 0.25) is 0 Å². The Balaban J connectivity index is 3.44. The number of nitrogens with zero attached hydrogens (tertiary/aromatic N) is 3. The molecule has 0 saturated heterocycles. The summed E-state index contributed by atoms with van der Waals surface area (Å²) in [6.45, 7) is 0.198. The first-order valence-corrected chi connectivity index (χ1v) is 3.20.